The van der Waals surface area contributed by atoms with Crippen molar-refractivity contribution in [3.63, 3.8) is 0 Å². The van der Waals surface area contributed by atoms with Crippen molar-refractivity contribution < 1.29 is 0 Å². The largest absolute Gasteiger partial charge is 0.317 e. The van der Waals surface area contributed by atoms with E-state index in [1.807, 2.05) is 0 Å². The smallest absolute Gasteiger partial charge is 0.0408 e. The van der Waals surface area contributed by atoms with E-state index in [1.165, 1.54) is 50.9 Å². The molecule has 3 heteroatoms. The first-order valence-corrected chi connectivity index (χ1v) is 9.31. The first-order chi connectivity index (χ1) is 10.7. The molecule has 2 heterocycles. The second-order valence-corrected chi connectivity index (χ2v) is 7.62. The minimum absolute atomic E-state index is 0.706. The van der Waals surface area contributed by atoms with Crippen molar-refractivity contribution >= 4 is 11.6 Å². The number of benzene rings is 1. The molecule has 2 aliphatic heterocycles. The molecule has 1 aromatic rings. The quantitative estimate of drug-likeness (QED) is 0.879. The number of hydrogen-bond acceptors (Lipinski definition) is 2. The fraction of sp³-hybridized carbons (Fsp3) is 0.684. The summed E-state index contributed by atoms with van der Waals surface area (Å²) in [5.41, 5.74) is 3.05. The summed E-state index contributed by atoms with van der Waals surface area (Å²) in [6, 6.07) is 6.59. The molecule has 0 aromatic heterocycles. The van der Waals surface area contributed by atoms with Crippen LogP contribution in [0, 0.1) is 5.92 Å². The van der Waals surface area contributed by atoms with Crippen molar-refractivity contribution in [2.45, 2.75) is 44.9 Å². The molecule has 122 valence electrons. The predicted molar refractivity (Wildman–Crippen MR) is 94.8 cm³/mol. The summed E-state index contributed by atoms with van der Waals surface area (Å²) in [5.74, 6) is 1.42. The van der Waals surface area contributed by atoms with Gasteiger partial charge in [0.1, 0.15) is 0 Å². The Kier molecular flexibility index (Phi) is 5.78. The van der Waals surface area contributed by atoms with E-state index in [4.69, 9.17) is 11.6 Å². The minimum Gasteiger partial charge on any atom is -0.317 e. The Morgan fingerprint density at radius 2 is 1.95 bits per heavy atom. The molecule has 1 aromatic carbocycles. The molecule has 0 bridgehead atoms. The van der Waals surface area contributed by atoms with Gasteiger partial charge in [0.05, 0.1) is 0 Å². The summed E-state index contributed by atoms with van der Waals surface area (Å²) < 4.78 is 0. The fourth-order valence-corrected chi connectivity index (χ4v) is 4.32. The lowest BCUT2D eigenvalue weighted by Crippen LogP contribution is -2.28. The van der Waals surface area contributed by atoms with E-state index in [0.29, 0.717) is 11.8 Å². The van der Waals surface area contributed by atoms with Gasteiger partial charge in [0.15, 0.2) is 0 Å². The van der Waals surface area contributed by atoms with Crippen molar-refractivity contribution in [2.75, 3.05) is 32.7 Å². The van der Waals surface area contributed by atoms with Gasteiger partial charge < -0.3 is 10.2 Å². The molecule has 1 N–H and O–H groups in total. The molecule has 3 rings (SSSR count). The third-order valence-electron chi connectivity index (χ3n) is 5.22. The summed E-state index contributed by atoms with van der Waals surface area (Å²) in [7, 11) is 0. The molecule has 1 atom stereocenters. The van der Waals surface area contributed by atoms with Gasteiger partial charge in [0, 0.05) is 11.6 Å². The Hall–Kier alpha value is -0.570. The summed E-state index contributed by atoms with van der Waals surface area (Å²) in [5, 5.41) is 4.36. The molecule has 2 aliphatic rings. The Labute approximate surface area is 140 Å². The molecule has 0 aliphatic carbocycles. The highest BCUT2D eigenvalue weighted by molar-refractivity contribution is 6.30. The predicted octanol–water partition coefficient (Wildman–Crippen LogP) is 4.08. The highest BCUT2D eigenvalue weighted by Gasteiger charge is 2.20. The summed E-state index contributed by atoms with van der Waals surface area (Å²) in [4.78, 5) is 2.62. The van der Waals surface area contributed by atoms with Crippen LogP contribution in [0.1, 0.15) is 49.7 Å². The van der Waals surface area contributed by atoms with Crippen LogP contribution in [0.5, 0.6) is 0 Å². The van der Waals surface area contributed by atoms with E-state index in [0.717, 1.165) is 24.5 Å². The Balaban J connectivity index is 1.69. The second-order valence-electron chi connectivity index (χ2n) is 7.18. The number of halogens is 1. The van der Waals surface area contributed by atoms with Gasteiger partial charge in [0.25, 0.3) is 0 Å². The average Bonchev–Trinajstić information content (AvgIpc) is 3.01. The van der Waals surface area contributed by atoms with Gasteiger partial charge in [-0.1, -0.05) is 24.6 Å². The van der Waals surface area contributed by atoms with Crippen LogP contribution in [0.25, 0.3) is 0 Å². The number of rotatable bonds is 5. The highest BCUT2D eigenvalue weighted by atomic mass is 35.5. The van der Waals surface area contributed by atoms with E-state index in [2.05, 4.69) is 35.3 Å². The fourth-order valence-electron chi connectivity index (χ4n) is 4.13. The zero-order chi connectivity index (χ0) is 15.4. The monoisotopic (exact) mass is 320 g/mol. The molecule has 2 nitrogen and oxygen atoms in total. The van der Waals surface area contributed by atoms with Gasteiger partial charge in [0.2, 0.25) is 0 Å². The first kappa shape index (κ1) is 16.3. The van der Waals surface area contributed by atoms with Crippen LogP contribution in [-0.4, -0.2) is 37.6 Å². The molecular weight excluding hydrogens is 292 g/mol. The van der Waals surface area contributed by atoms with Crippen LogP contribution in [0.3, 0.4) is 0 Å². The van der Waals surface area contributed by atoms with E-state index < -0.39 is 0 Å². The lowest BCUT2D eigenvalue weighted by molar-refractivity contribution is 0.286. The normalized spacial score (nSPS) is 22.1. The van der Waals surface area contributed by atoms with E-state index >= 15 is 0 Å². The SMILES string of the molecule is CC(Cc1cc(Cl)ccc1C1CCNCC1)CN1CCCC1. The number of hydrogen-bond donors (Lipinski definition) is 1. The third-order valence-corrected chi connectivity index (χ3v) is 5.46. The number of piperidine rings is 1. The van der Waals surface area contributed by atoms with Crippen LogP contribution < -0.4 is 5.32 Å². The molecule has 22 heavy (non-hydrogen) atoms. The average molecular weight is 321 g/mol. The number of nitrogens with zero attached hydrogens (tertiary/aromatic N) is 1. The Morgan fingerprint density at radius 1 is 1.23 bits per heavy atom. The molecule has 0 saturated carbocycles. The number of likely N-dealkylation sites (tertiary alicyclic amines) is 1. The maximum atomic E-state index is 6.29. The minimum atomic E-state index is 0.706. The van der Waals surface area contributed by atoms with Gasteiger partial charge in [-0.2, -0.15) is 0 Å². The van der Waals surface area contributed by atoms with Crippen molar-refractivity contribution in [1.29, 1.82) is 0 Å². The first-order valence-electron chi connectivity index (χ1n) is 8.94. The maximum Gasteiger partial charge on any atom is 0.0408 e. The highest BCUT2D eigenvalue weighted by Crippen LogP contribution is 2.31. The molecule has 0 amide bonds. The third kappa shape index (κ3) is 4.24. The van der Waals surface area contributed by atoms with Gasteiger partial charge >= 0.3 is 0 Å². The van der Waals surface area contributed by atoms with Gasteiger partial charge in [-0.25, -0.2) is 0 Å². The standard InChI is InChI=1S/C19H29ClN2/c1-15(14-22-10-2-3-11-22)12-17-13-18(20)4-5-19(17)16-6-8-21-9-7-16/h4-5,13,15-16,21H,2-3,6-12,14H2,1H3. The van der Waals surface area contributed by atoms with E-state index in [1.54, 1.807) is 5.56 Å². The lowest BCUT2D eigenvalue weighted by atomic mass is 9.84. The lowest BCUT2D eigenvalue weighted by Gasteiger charge is -2.27. The van der Waals surface area contributed by atoms with Gasteiger partial charge in [-0.05, 0) is 93.4 Å². The molecular formula is C19H29ClN2. The van der Waals surface area contributed by atoms with Crippen LogP contribution in [0.2, 0.25) is 5.02 Å². The van der Waals surface area contributed by atoms with Crippen LogP contribution in [0.4, 0.5) is 0 Å². The summed E-state index contributed by atoms with van der Waals surface area (Å²) in [6.07, 6.45) is 6.44. The topological polar surface area (TPSA) is 15.3 Å². The second kappa shape index (κ2) is 7.81. The molecule has 2 fully saturated rings. The van der Waals surface area contributed by atoms with E-state index in [9.17, 15) is 0 Å². The number of nitrogens with one attached hydrogen (secondary N) is 1. The van der Waals surface area contributed by atoms with Crippen LogP contribution in [0.15, 0.2) is 18.2 Å². The molecule has 2 saturated heterocycles. The van der Waals surface area contributed by atoms with Crippen LogP contribution in [-0.2, 0) is 6.42 Å². The zero-order valence-corrected chi connectivity index (χ0v) is 14.5. The summed E-state index contributed by atoms with van der Waals surface area (Å²) in [6.45, 7) is 8.51. The molecule has 1 unspecified atom stereocenters. The van der Waals surface area contributed by atoms with Gasteiger partial charge in [-0.15, -0.1) is 0 Å². The molecule has 0 spiro atoms. The summed E-state index contributed by atoms with van der Waals surface area (Å²) >= 11 is 6.29. The van der Waals surface area contributed by atoms with Crippen molar-refractivity contribution in [2.24, 2.45) is 5.92 Å². The molecule has 0 radical (unpaired) electrons. The van der Waals surface area contributed by atoms with Crippen molar-refractivity contribution in [1.82, 2.24) is 10.2 Å². The maximum absolute atomic E-state index is 6.29. The zero-order valence-electron chi connectivity index (χ0n) is 13.8. The van der Waals surface area contributed by atoms with Crippen molar-refractivity contribution in [3.8, 4) is 0 Å². The van der Waals surface area contributed by atoms with E-state index in [-0.39, 0.29) is 0 Å². The Bertz CT molecular complexity index is 476. The van der Waals surface area contributed by atoms with Gasteiger partial charge in [-0.3, -0.25) is 0 Å². The Morgan fingerprint density at radius 3 is 2.68 bits per heavy atom. The van der Waals surface area contributed by atoms with Crippen LogP contribution >= 0.6 is 11.6 Å². The van der Waals surface area contributed by atoms with Crippen molar-refractivity contribution in [3.05, 3.63) is 34.3 Å².